The quantitative estimate of drug-likeness (QED) is 0.790. The number of benzene rings is 1. The second-order valence-corrected chi connectivity index (χ2v) is 4.25. The van der Waals surface area contributed by atoms with Crippen LogP contribution in [0.4, 0.5) is 5.69 Å². The van der Waals surface area contributed by atoms with Gasteiger partial charge in [-0.15, -0.1) is 0 Å². The van der Waals surface area contributed by atoms with Gasteiger partial charge >= 0.3 is 0 Å². The van der Waals surface area contributed by atoms with Crippen molar-refractivity contribution >= 4 is 23.2 Å². The minimum absolute atomic E-state index is 0.0410. The third-order valence-electron chi connectivity index (χ3n) is 2.64. The molecule has 0 aliphatic carbocycles. The molecule has 4 heteroatoms. The number of amides is 1. The zero-order valence-corrected chi connectivity index (χ0v) is 9.29. The van der Waals surface area contributed by atoms with Crippen molar-refractivity contribution in [1.29, 1.82) is 0 Å². The van der Waals surface area contributed by atoms with Crippen molar-refractivity contribution in [2.75, 3.05) is 11.4 Å². The van der Waals surface area contributed by atoms with Gasteiger partial charge in [0.05, 0.1) is 16.8 Å². The normalized spacial score (nSPS) is 21.1. The average molecular weight is 225 g/mol. The number of carbonyl (C=O) groups excluding carboxylic acids is 1. The first-order valence-corrected chi connectivity index (χ1v) is 5.30. The first kappa shape index (κ1) is 10.5. The predicted octanol–water partition coefficient (Wildman–Crippen LogP) is 1.71. The summed E-state index contributed by atoms with van der Waals surface area (Å²) < 4.78 is 0. The zero-order chi connectivity index (χ0) is 11.0. The van der Waals surface area contributed by atoms with Gasteiger partial charge in [-0.3, -0.25) is 4.79 Å². The molecule has 0 unspecified atom stereocenters. The van der Waals surface area contributed by atoms with Crippen LogP contribution in [0.3, 0.4) is 0 Å². The summed E-state index contributed by atoms with van der Waals surface area (Å²) in [5.41, 5.74) is 7.50. The number of hydrogen-bond donors (Lipinski definition) is 1. The fraction of sp³-hybridized carbons (Fsp3) is 0.364. The highest BCUT2D eigenvalue weighted by Crippen LogP contribution is 2.29. The van der Waals surface area contributed by atoms with Gasteiger partial charge in [-0.05, 0) is 31.0 Å². The molecule has 0 saturated carbocycles. The van der Waals surface area contributed by atoms with Crippen molar-refractivity contribution in [1.82, 2.24) is 0 Å². The van der Waals surface area contributed by atoms with Gasteiger partial charge in [0.15, 0.2) is 0 Å². The van der Waals surface area contributed by atoms with Crippen LogP contribution >= 0.6 is 11.6 Å². The Morgan fingerprint density at radius 1 is 1.53 bits per heavy atom. The smallest absolute Gasteiger partial charge is 0.244 e. The molecule has 15 heavy (non-hydrogen) atoms. The van der Waals surface area contributed by atoms with Crippen molar-refractivity contribution in [2.45, 2.75) is 19.4 Å². The fourth-order valence-corrected chi connectivity index (χ4v) is 2.11. The van der Waals surface area contributed by atoms with Crippen LogP contribution in [0.2, 0.25) is 5.02 Å². The summed E-state index contributed by atoms with van der Waals surface area (Å²) >= 11 is 6.09. The van der Waals surface area contributed by atoms with E-state index in [1.54, 1.807) is 4.90 Å². The summed E-state index contributed by atoms with van der Waals surface area (Å²) in [7, 11) is 0. The van der Waals surface area contributed by atoms with Gasteiger partial charge in [-0.2, -0.15) is 0 Å². The minimum Gasteiger partial charge on any atom is -0.320 e. The number of hydrogen-bond acceptors (Lipinski definition) is 2. The molecule has 1 aliphatic heterocycles. The molecule has 0 bridgehead atoms. The number of nitrogens with zero attached hydrogens (tertiary/aromatic N) is 1. The highest BCUT2D eigenvalue weighted by molar-refractivity contribution is 6.34. The Morgan fingerprint density at radius 3 is 2.80 bits per heavy atom. The number of carbonyl (C=O) groups is 1. The standard InChI is InChI=1S/C11H13ClN2O/c1-7-2-3-10(8(12)6-7)14-5-4-9(13)11(14)15/h2-3,6,9H,4-5,13H2,1H3/t9-/m1/s1. The molecule has 0 spiro atoms. The van der Waals surface area contributed by atoms with Crippen LogP contribution in [0, 0.1) is 6.92 Å². The van der Waals surface area contributed by atoms with Crippen LogP contribution in [-0.2, 0) is 4.79 Å². The van der Waals surface area contributed by atoms with Gasteiger partial charge in [-0.25, -0.2) is 0 Å². The highest BCUT2D eigenvalue weighted by atomic mass is 35.5. The molecule has 2 N–H and O–H groups in total. The van der Waals surface area contributed by atoms with Crippen LogP contribution in [0.5, 0.6) is 0 Å². The van der Waals surface area contributed by atoms with Crippen LogP contribution in [0.1, 0.15) is 12.0 Å². The molecule has 1 atom stereocenters. The van der Waals surface area contributed by atoms with Crippen molar-refractivity contribution in [3.63, 3.8) is 0 Å². The van der Waals surface area contributed by atoms with Gasteiger partial charge in [0, 0.05) is 6.54 Å². The van der Waals surface area contributed by atoms with Crippen molar-refractivity contribution < 1.29 is 4.79 Å². The van der Waals surface area contributed by atoms with E-state index in [9.17, 15) is 4.79 Å². The van der Waals surface area contributed by atoms with E-state index in [1.165, 1.54) is 0 Å². The second-order valence-electron chi connectivity index (χ2n) is 3.84. The van der Waals surface area contributed by atoms with Gasteiger partial charge in [0.25, 0.3) is 0 Å². The number of anilines is 1. The molecule has 1 aromatic rings. The molecular formula is C11H13ClN2O. The summed E-state index contributed by atoms with van der Waals surface area (Å²) in [6.07, 6.45) is 0.697. The van der Waals surface area contributed by atoms with E-state index in [2.05, 4.69) is 0 Å². The molecule has 2 rings (SSSR count). The van der Waals surface area contributed by atoms with Gasteiger partial charge in [-0.1, -0.05) is 17.7 Å². The van der Waals surface area contributed by atoms with E-state index in [1.807, 2.05) is 25.1 Å². The molecule has 1 saturated heterocycles. The third-order valence-corrected chi connectivity index (χ3v) is 2.94. The molecule has 3 nitrogen and oxygen atoms in total. The van der Waals surface area contributed by atoms with E-state index in [0.717, 1.165) is 11.3 Å². The fourth-order valence-electron chi connectivity index (χ4n) is 1.77. The van der Waals surface area contributed by atoms with E-state index < -0.39 is 0 Å². The number of rotatable bonds is 1. The summed E-state index contributed by atoms with van der Waals surface area (Å²) in [4.78, 5) is 13.3. The van der Waals surface area contributed by atoms with E-state index in [-0.39, 0.29) is 11.9 Å². The molecule has 1 amide bonds. The van der Waals surface area contributed by atoms with Gasteiger partial charge < -0.3 is 10.6 Å². The maximum absolute atomic E-state index is 11.7. The largest absolute Gasteiger partial charge is 0.320 e. The van der Waals surface area contributed by atoms with Crippen LogP contribution in [0.15, 0.2) is 18.2 Å². The first-order valence-electron chi connectivity index (χ1n) is 4.92. The predicted molar refractivity (Wildman–Crippen MR) is 61.1 cm³/mol. The van der Waals surface area contributed by atoms with Gasteiger partial charge in [0.2, 0.25) is 5.91 Å². The Labute approximate surface area is 93.8 Å². The van der Waals surface area contributed by atoms with E-state index in [4.69, 9.17) is 17.3 Å². The Balaban J connectivity index is 2.34. The number of halogens is 1. The zero-order valence-electron chi connectivity index (χ0n) is 8.53. The average Bonchev–Trinajstić information content (AvgIpc) is 2.49. The summed E-state index contributed by atoms with van der Waals surface area (Å²) in [6, 6.07) is 5.29. The van der Waals surface area contributed by atoms with Crippen molar-refractivity contribution in [2.24, 2.45) is 5.73 Å². The third kappa shape index (κ3) is 1.85. The number of nitrogens with two attached hydrogens (primary N) is 1. The lowest BCUT2D eigenvalue weighted by Crippen LogP contribution is -2.34. The van der Waals surface area contributed by atoms with E-state index in [0.29, 0.717) is 18.0 Å². The maximum Gasteiger partial charge on any atom is 0.244 e. The molecular weight excluding hydrogens is 212 g/mol. The molecule has 0 radical (unpaired) electrons. The van der Waals surface area contributed by atoms with Crippen LogP contribution in [0.25, 0.3) is 0 Å². The maximum atomic E-state index is 11.7. The van der Waals surface area contributed by atoms with Crippen molar-refractivity contribution in [3.8, 4) is 0 Å². The minimum atomic E-state index is -0.373. The second kappa shape index (κ2) is 3.83. The Kier molecular flexibility index (Phi) is 2.67. The van der Waals surface area contributed by atoms with Crippen LogP contribution in [-0.4, -0.2) is 18.5 Å². The molecule has 1 aliphatic rings. The molecule has 80 valence electrons. The Bertz CT molecular complexity index is 406. The van der Waals surface area contributed by atoms with Crippen LogP contribution < -0.4 is 10.6 Å². The Morgan fingerprint density at radius 2 is 2.27 bits per heavy atom. The Hall–Kier alpha value is -1.06. The van der Waals surface area contributed by atoms with Crippen molar-refractivity contribution in [3.05, 3.63) is 28.8 Å². The molecule has 1 aromatic carbocycles. The summed E-state index contributed by atoms with van der Waals surface area (Å²) in [5.74, 6) is -0.0410. The topological polar surface area (TPSA) is 46.3 Å². The van der Waals surface area contributed by atoms with E-state index >= 15 is 0 Å². The first-order chi connectivity index (χ1) is 7.09. The monoisotopic (exact) mass is 224 g/mol. The highest BCUT2D eigenvalue weighted by Gasteiger charge is 2.30. The summed E-state index contributed by atoms with van der Waals surface area (Å²) in [5, 5.41) is 0.609. The lowest BCUT2D eigenvalue weighted by Gasteiger charge is -2.17. The molecule has 0 aromatic heterocycles. The number of aryl methyl sites for hydroxylation is 1. The molecule has 1 heterocycles. The molecule has 1 fully saturated rings. The SMILES string of the molecule is Cc1ccc(N2CC[C@@H](N)C2=O)c(Cl)c1. The van der Waals surface area contributed by atoms with Gasteiger partial charge in [0.1, 0.15) is 0 Å². The lowest BCUT2D eigenvalue weighted by atomic mass is 10.2. The lowest BCUT2D eigenvalue weighted by molar-refractivity contribution is -0.118. The summed E-state index contributed by atoms with van der Waals surface area (Å²) in [6.45, 7) is 2.62.